The lowest BCUT2D eigenvalue weighted by atomic mass is 10.0. The second-order valence-electron chi connectivity index (χ2n) is 9.41. The van der Waals surface area contributed by atoms with Crippen LogP contribution >= 0.6 is 11.3 Å². The highest BCUT2D eigenvalue weighted by atomic mass is 32.1. The molecule has 5 rings (SSSR count). The van der Waals surface area contributed by atoms with Gasteiger partial charge in [0.05, 0.1) is 38.4 Å². The highest BCUT2D eigenvalue weighted by Gasteiger charge is 2.25. The standard InChI is InChI=1S/C26H35N5O2S/c1-19(2)22(31-10-14-33-15-11-31)16-27-25-24-21(20-6-4-3-5-7-20)18-34-26(24)29-23(28-25)17-30-8-12-32-13-9-30/h3-7,18-19,22H,8-17H2,1-2H3,(H,27,28,29)/t22-/m0/s1. The first-order valence-corrected chi connectivity index (χ1v) is 13.3. The number of morpholine rings is 2. The smallest absolute Gasteiger partial charge is 0.146 e. The Kier molecular flexibility index (Phi) is 7.71. The maximum absolute atomic E-state index is 5.60. The van der Waals surface area contributed by atoms with Crippen molar-refractivity contribution in [3.05, 3.63) is 41.5 Å². The third-order valence-electron chi connectivity index (χ3n) is 6.80. The van der Waals surface area contributed by atoms with Crippen molar-refractivity contribution in [2.75, 3.05) is 64.5 Å². The Hall–Kier alpha value is -2.10. The monoisotopic (exact) mass is 481 g/mol. The quantitative estimate of drug-likeness (QED) is 0.523. The minimum absolute atomic E-state index is 0.426. The minimum atomic E-state index is 0.426. The van der Waals surface area contributed by atoms with Gasteiger partial charge in [0.15, 0.2) is 0 Å². The van der Waals surface area contributed by atoms with E-state index in [4.69, 9.17) is 19.4 Å². The molecule has 0 aliphatic carbocycles. The highest BCUT2D eigenvalue weighted by Crippen LogP contribution is 2.37. The SMILES string of the molecule is CC(C)[C@H](CNc1nc(CN2CCOCC2)nc2scc(-c3ccccc3)c12)N1CCOCC1. The topological polar surface area (TPSA) is 62.8 Å². The van der Waals surface area contributed by atoms with Gasteiger partial charge in [0, 0.05) is 49.7 Å². The van der Waals surface area contributed by atoms with Crippen molar-refractivity contribution in [3.63, 3.8) is 0 Å². The number of aromatic nitrogens is 2. The fourth-order valence-electron chi connectivity index (χ4n) is 4.87. The summed E-state index contributed by atoms with van der Waals surface area (Å²) >= 11 is 1.71. The zero-order valence-electron chi connectivity index (χ0n) is 20.2. The van der Waals surface area contributed by atoms with E-state index in [1.54, 1.807) is 11.3 Å². The Balaban J connectivity index is 1.46. The van der Waals surface area contributed by atoms with Crippen LogP contribution < -0.4 is 5.32 Å². The summed E-state index contributed by atoms with van der Waals surface area (Å²) in [5, 5.41) is 7.12. The lowest BCUT2D eigenvalue weighted by Crippen LogP contribution is -2.49. The highest BCUT2D eigenvalue weighted by molar-refractivity contribution is 7.17. The third kappa shape index (κ3) is 5.42. The number of ether oxygens (including phenoxy) is 2. The predicted octanol–water partition coefficient (Wildman–Crippen LogP) is 3.96. The predicted molar refractivity (Wildman–Crippen MR) is 138 cm³/mol. The van der Waals surface area contributed by atoms with E-state index < -0.39 is 0 Å². The summed E-state index contributed by atoms with van der Waals surface area (Å²) in [5.41, 5.74) is 2.41. The van der Waals surface area contributed by atoms with Crippen LogP contribution in [-0.2, 0) is 16.0 Å². The van der Waals surface area contributed by atoms with Gasteiger partial charge < -0.3 is 14.8 Å². The first kappa shape index (κ1) is 23.6. The molecule has 8 heteroatoms. The van der Waals surface area contributed by atoms with Crippen molar-refractivity contribution in [3.8, 4) is 11.1 Å². The van der Waals surface area contributed by atoms with E-state index in [1.165, 1.54) is 11.1 Å². The maximum atomic E-state index is 5.60. The average Bonchev–Trinajstić information content (AvgIpc) is 3.30. The molecule has 0 bridgehead atoms. The summed E-state index contributed by atoms with van der Waals surface area (Å²) in [6, 6.07) is 11.0. The van der Waals surface area contributed by atoms with Crippen LogP contribution in [-0.4, -0.2) is 85.0 Å². The molecule has 2 aliphatic heterocycles. The molecule has 2 saturated heterocycles. The van der Waals surface area contributed by atoms with E-state index in [-0.39, 0.29) is 0 Å². The molecule has 1 atom stereocenters. The van der Waals surface area contributed by atoms with E-state index in [9.17, 15) is 0 Å². The van der Waals surface area contributed by atoms with E-state index >= 15 is 0 Å². The van der Waals surface area contributed by atoms with Crippen LogP contribution in [0.3, 0.4) is 0 Å². The van der Waals surface area contributed by atoms with Gasteiger partial charge in [0.2, 0.25) is 0 Å². The number of thiophene rings is 1. The van der Waals surface area contributed by atoms with E-state index in [2.05, 4.69) is 64.7 Å². The molecule has 4 heterocycles. The molecule has 2 aliphatic rings. The van der Waals surface area contributed by atoms with Gasteiger partial charge in [-0.3, -0.25) is 9.80 Å². The molecule has 7 nitrogen and oxygen atoms in total. The van der Waals surface area contributed by atoms with E-state index in [0.717, 1.165) is 87.6 Å². The van der Waals surface area contributed by atoms with Crippen molar-refractivity contribution < 1.29 is 9.47 Å². The molecule has 0 saturated carbocycles. The van der Waals surface area contributed by atoms with Crippen molar-refractivity contribution in [2.24, 2.45) is 5.92 Å². The van der Waals surface area contributed by atoms with Crippen LogP contribution in [0.25, 0.3) is 21.3 Å². The van der Waals surface area contributed by atoms with Crippen molar-refractivity contribution in [1.29, 1.82) is 0 Å². The van der Waals surface area contributed by atoms with Gasteiger partial charge in [-0.15, -0.1) is 11.3 Å². The van der Waals surface area contributed by atoms with Crippen LogP contribution in [0.2, 0.25) is 0 Å². The summed E-state index contributed by atoms with van der Waals surface area (Å²) in [6.45, 7) is 13.2. The normalized spacial score (nSPS) is 19.0. The summed E-state index contributed by atoms with van der Waals surface area (Å²) in [7, 11) is 0. The Labute approximate surface area is 206 Å². The Morgan fingerprint density at radius 3 is 2.38 bits per heavy atom. The number of anilines is 1. The number of fused-ring (bicyclic) bond motifs is 1. The lowest BCUT2D eigenvalue weighted by molar-refractivity contribution is 0.00953. The number of nitrogens with one attached hydrogen (secondary N) is 1. The molecule has 0 unspecified atom stereocenters. The van der Waals surface area contributed by atoms with Gasteiger partial charge in [0.25, 0.3) is 0 Å². The van der Waals surface area contributed by atoms with Crippen LogP contribution in [0.4, 0.5) is 5.82 Å². The van der Waals surface area contributed by atoms with Crippen molar-refractivity contribution in [1.82, 2.24) is 19.8 Å². The summed E-state index contributed by atoms with van der Waals surface area (Å²) in [6.07, 6.45) is 0. The van der Waals surface area contributed by atoms with Crippen LogP contribution in [0.15, 0.2) is 35.7 Å². The fourth-order valence-corrected chi connectivity index (χ4v) is 5.84. The largest absolute Gasteiger partial charge is 0.379 e. The Morgan fingerprint density at radius 1 is 0.971 bits per heavy atom. The molecule has 2 fully saturated rings. The molecule has 0 amide bonds. The van der Waals surface area contributed by atoms with Crippen LogP contribution in [0.5, 0.6) is 0 Å². The number of nitrogens with zero attached hydrogens (tertiary/aromatic N) is 4. The van der Waals surface area contributed by atoms with Gasteiger partial charge >= 0.3 is 0 Å². The number of hydrogen-bond donors (Lipinski definition) is 1. The molecule has 1 N–H and O–H groups in total. The molecule has 0 spiro atoms. The van der Waals surface area contributed by atoms with Gasteiger partial charge in [-0.05, 0) is 11.5 Å². The number of hydrogen-bond acceptors (Lipinski definition) is 8. The van der Waals surface area contributed by atoms with Gasteiger partial charge in [0.1, 0.15) is 16.5 Å². The molecule has 182 valence electrons. The van der Waals surface area contributed by atoms with Crippen molar-refractivity contribution >= 4 is 27.4 Å². The summed E-state index contributed by atoms with van der Waals surface area (Å²) in [4.78, 5) is 16.1. The number of benzene rings is 1. The van der Waals surface area contributed by atoms with Crippen LogP contribution in [0, 0.1) is 5.92 Å². The molecule has 1 aromatic carbocycles. The molecule has 2 aromatic heterocycles. The fraction of sp³-hybridized carbons (Fsp3) is 0.538. The van der Waals surface area contributed by atoms with E-state index in [0.29, 0.717) is 12.0 Å². The summed E-state index contributed by atoms with van der Waals surface area (Å²) < 4.78 is 11.1. The Bertz CT molecular complexity index is 1060. The molecule has 34 heavy (non-hydrogen) atoms. The molecule has 0 radical (unpaired) electrons. The van der Waals surface area contributed by atoms with Gasteiger partial charge in [-0.25, -0.2) is 9.97 Å². The lowest BCUT2D eigenvalue weighted by Gasteiger charge is -2.37. The average molecular weight is 482 g/mol. The summed E-state index contributed by atoms with van der Waals surface area (Å²) in [5.74, 6) is 2.37. The minimum Gasteiger partial charge on any atom is -0.379 e. The first-order chi connectivity index (χ1) is 16.7. The third-order valence-corrected chi connectivity index (χ3v) is 7.67. The first-order valence-electron chi connectivity index (χ1n) is 12.4. The van der Waals surface area contributed by atoms with Gasteiger partial charge in [-0.1, -0.05) is 44.2 Å². The van der Waals surface area contributed by atoms with Gasteiger partial charge in [-0.2, -0.15) is 0 Å². The Morgan fingerprint density at radius 2 is 1.68 bits per heavy atom. The second kappa shape index (κ2) is 11.1. The number of rotatable bonds is 8. The van der Waals surface area contributed by atoms with Crippen molar-refractivity contribution in [2.45, 2.75) is 26.4 Å². The zero-order chi connectivity index (χ0) is 23.3. The molecular formula is C26H35N5O2S. The molecular weight excluding hydrogens is 446 g/mol. The molecule has 3 aromatic rings. The zero-order valence-corrected chi connectivity index (χ0v) is 21.0. The van der Waals surface area contributed by atoms with Crippen LogP contribution in [0.1, 0.15) is 19.7 Å². The van der Waals surface area contributed by atoms with E-state index in [1.807, 2.05) is 0 Å². The second-order valence-corrected chi connectivity index (χ2v) is 10.3. The maximum Gasteiger partial charge on any atom is 0.146 e.